The minimum Gasteiger partial charge on any atom is -0.493 e. The Balaban J connectivity index is 1.54. The van der Waals surface area contributed by atoms with Crippen molar-refractivity contribution in [1.82, 2.24) is 20.5 Å². The molecule has 0 spiro atoms. The van der Waals surface area contributed by atoms with Crippen LogP contribution in [0.1, 0.15) is 24.5 Å². The molecule has 0 aliphatic carbocycles. The normalized spacial score (nSPS) is 11.6. The molecule has 1 aromatic heterocycles. The molecule has 1 heterocycles. The number of ether oxygens (including phenoxy) is 2. The summed E-state index contributed by atoms with van der Waals surface area (Å²) in [6.07, 6.45) is 3.05. The molecule has 2 aromatic carbocycles. The second-order valence-corrected chi connectivity index (χ2v) is 8.41. The van der Waals surface area contributed by atoms with Gasteiger partial charge in [-0.3, -0.25) is 4.79 Å². The molecule has 1 N–H and O–H groups in total. The maximum absolute atomic E-state index is 12.7. The van der Waals surface area contributed by atoms with Gasteiger partial charge in [-0.1, -0.05) is 54.6 Å². The zero-order chi connectivity index (χ0) is 22.9. The Hall–Kier alpha value is -3.13. The Labute approximate surface area is 193 Å². The standard InChI is InChI=1S/C24H28N4O3S/c1-5-22(23(29)25-13-12-17-8-11-20(30-3)21(14-17)31-4)32-24-26-15-19(27-28-24)18-9-6-16(2)7-10-18/h6-11,14-15,22H,5,12-13H2,1-4H3,(H,25,29). The number of benzene rings is 2. The van der Waals surface area contributed by atoms with Crippen LogP contribution < -0.4 is 14.8 Å². The molecule has 0 bridgehead atoms. The maximum Gasteiger partial charge on any atom is 0.233 e. The van der Waals surface area contributed by atoms with Crippen LogP contribution in [0, 0.1) is 6.92 Å². The zero-order valence-electron chi connectivity index (χ0n) is 18.8. The van der Waals surface area contributed by atoms with Crippen molar-refractivity contribution in [2.75, 3.05) is 20.8 Å². The number of methoxy groups -OCH3 is 2. The van der Waals surface area contributed by atoms with E-state index in [2.05, 4.69) is 20.5 Å². The van der Waals surface area contributed by atoms with E-state index in [1.807, 2.05) is 56.3 Å². The minimum absolute atomic E-state index is 0.0378. The molecule has 0 aliphatic rings. The van der Waals surface area contributed by atoms with Crippen molar-refractivity contribution in [2.45, 2.75) is 37.1 Å². The molecular formula is C24H28N4O3S. The number of thioether (sulfide) groups is 1. The number of rotatable bonds is 10. The summed E-state index contributed by atoms with van der Waals surface area (Å²) in [4.78, 5) is 17.1. The first-order valence-corrected chi connectivity index (χ1v) is 11.3. The molecule has 168 valence electrons. The second-order valence-electron chi connectivity index (χ2n) is 7.24. The quantitative estimate of drug-likeness (QED) is 0.464. The lowest BCUT2D eigenvalue weighted by molar-refractivity contribution is -0.120. The van der Waals surface area contributed by atoms with Crippen molar-refractivity contribution in [3.8, 4) is 22.8 Å². The molecular weight excluding hydrogens is 424 g/mol. The van der Waals surface area contributed by atoms with E-state index < -0.39 is 0 Å². The van der Waals surface area contributed by atoms with E-state index >= 15 is 0 Å². The van der Waals surface area contributed by atoms with Gasteiger partial charge in [0.15, 0.2) is 11.5 Å². The Kier molecular flexibility index (Phi) is 8.44. The number of nitrogens with one attached hydrogen (secondary N) is 1. The summed E-state index contributed by atoms with van der Waals surface area (Å²) in [6, 6.07) is 13.8. The van der Waals surface area contributed by atoms with Gasteiger partial charge in [-0.05, 0) is 37.5 Å². The first-order valence-electron chi connectivity index (χ1n) is 10.5. The molecule has 8 heteroatoms. The van der Waals surface area contributed by atoms with Gasteiger partial charge in [0, 0.05) is 12.1 Å². The molecule has 3 rings (SSSR count). The lowest BCUT2D eigenvalue weighted by Crippen LogP contribution is -2.33. The van der Waals surface area contributed by atoms with Crippen LogP contribution in [-0.2, 0) is 11.2 Å². The van der Waals surface area contributed by atoms with E-state index in [1.54, 1.807) is 20.4 Å². The number of aryl methyl sites for hydroxylation is 1. The molecule has 32 heavy (non-hydrogen) atoms. The molecule has 0 radical (unpaired) electrons. The molecule has 0 aliphatic heterocycles. The van der Waals surface area contributed by atoms with Crippen molar-refractivity contribution in [1.29, 1.82) is 0 Å². The van der Waals surface area contributed by atoms with E-state index in [0.29, 0.717) is 41.7 Å². The number of hydrogen-bond donors (Lipinski definition) is 1. The third kappa shape index (κ3) is 6.20. The number of aromatic nitrogens is 3. The highest BCUT2D eigenvalue weighted by molar-refractivity contribution is 8.00. The average molecular weight is 453 g/mol. The topological polar surface area (TPSA) is 86.2 Å². The highest BCUT2D eigenvalue weighted by atomic mass is 32.2. The van der Waals surface area contributed by atoms with Crippen LogP contribution in [0.15, 0.2) is 53.8 Å². The van der Waals surface area contributed by atoms with Crippen molar-refractivity contribution in [3.63, 3.8) is 0 Å². The van der Waals surface area contributed by atoms with Gasteiger partial charge >= 0.3 is 0 Å². The van der Waals surface area contributed by atoms with Gasteiger partial charge in [0.2, 0.25) is 11.1 Å². The number of hydrogen-bond acceptors (Lipinski definition) is 7. The van der Waals surface area contributed by atoms with E-state index in [9.17, 15) is 4.79 Å². The summed E-state index contributed by atoms with van der Waals surface area (Å²) >= 11 is 1.33. The summed E-state index contributed by atoms with van der Waals surface area (Å²) in [7, 11) is 3.21. The largest absolute Gasteiger partial charge is 0.493 e. The minimum atomic E-state index is -0.285. The smallest absolute Gasteiger partial charge is 0.233 e. The molecule has 0 saturated heterocycles. The fourth-order valence-electron chi connectivity index (χ4n) is 3.10. The first kappa shape index (κ1) is 23.5. The van der Waals surface area contributed by atoms with Crippen LogP contribution in [0.5, 0.6) is 11.5 Å². The van der Waals surface area contributed by atoms with Crippen molar-refractivity contribution in [3.05, 3.63) is 59.8 Å². The summed E-state index contributed by atoms with van der Waals surface area (Å²) < 4.78 is 10.6. The zero-order valence-corrected chi connectivity index (χ0v) is 19.6. The summed E-state index contributed by atoms with van der Waals surface area (Å²) in [6.45, 7) is 4.54. The lowest BCUT2D eigenvalue weighted by Gasteiger charge is -2.14. The number of carbonyl (C=O) groups excluding carboxylic acids is 1. The van der Waals surface area contributed by atoms with Gasteiger partial charge in [0.1, 0.15) is 5.69 Å². The maximum atomic E-state index is 12.7. The highest BCUT2D eigenvalue weighted by Crippen LogP contribution is 2.28. The van der Waals surface area contributed by atoms with Crippen molar-refractivity contribution >= 4 is 17.7 Å². The molecule has 0 fully saturated rings. The van der Waals surface area contributed by atoms with E-state index in [0.717, 1.165) is 11.1 Å². The average Bonchev–Trinajstić information content (AvgIpc) is 2.83. The first-order chi connectivity index (χ1) is 15.5. The predicted molar refractivity (Wildman–Crippen MR) is 126 cm³/mol. The molecule has 1 unspecified atom stereocenters. The van der Waals surface area contributed by atoms with Crippen LogP contribution in [-0.4, -0.2) is 47.1 Å². The number of amides is 1. The fourth-order valence-corrected chi connectivity index (χ4v) is 3.92. The van der Waals surface area contributed by atoms with Gasteiger partial charge in [-0.25, -0.2) is 4.98 Å². The van der Waals surface area contributed by atoms with Gasteiger partial charge in [0.25, 0.3) is 0 Å². The van der Waals surface area contributed by atoms with Crippen LogP contribution in [0.3, 0.4) is 0 Å². The van der Waals surface area contributed by atoms with Crippen LogP contribution in [0.25, 0.3) is 11.3 Å². The Bertz CT molecular complexity index is 1030. The lowest BCUT2D eigenvalue weighted by atomic mass is 10.1. The molecule has 1 amide bonds. The number of carbonyl (C=O) groups is 1. The van der Waals surface area contributed by atoms with Gasteiger partial charge in [-0.2, -0.15) is 0 Å². The Morgan fingerprint density at radius 2 is 1.81 bits per heavy atom. The van der Waals surface area contributed by atoms with Crippen molar-refractivity contribution in [2.24, 2.45) is 0 Å². The summed E-state index contributed by atoms with van der Waals surface area (Å²) in [5.41, 5.74) is 3.92. The molecule has 7 nitrogen and oxygen atoms in total. The number of nitrogens with zero attached hydrogens (tertiary/aromatic N) is 3. The van der Waals surface area contributed by atoms with E-state index in [4.69, 9.17) is 9.47 Å². The summed E-state index contributed by atoms with van der Waals surface area (Å²) in [5, 5.41) is 11.7. The Morgan fingerprint density at radius 3 is 2.44 bits per heavy atom. The predicted octanol–water partition coefficient (Wildman–Crippen LogP) is 4.09. The SMILES string of the molecule is CCC(Sc1ncc(-c2ccc(C)cc2)nn1)C(=O)NCCc1ccc(OC)c(OC)c1. The van der Waals surface area contributed by atoms with Crippen LogP contribution >= 0.6 is 11.8 Å². The monoisotopic (exact) mass is 452 g/mol. The highest BCUT2D eigenvalue weighted by Gasteiger charge is 2.19. The van der Waals surface area contributed by atoms with Gasteiger partial charge in [-0.15, -0.1) is 10.2 Å². The van der Waals surface area contributed by atoms with Crippen LogP contribution in [0.2, 0.25) is 0 Å². The molecule has 1 atom stereocenters. The fraction of sp³-hybridized carbons (Fsp3) is 0.333. The van der Waals surface area contributed by atoms with Crippen molar-refractivity contribution < 1.29 is 14.3 Å². The molecule has 3 aromatic rings. The van der Waals surface area contributed by atoms with Crippen LogP contribution in [0.4, 0.5) is 0 Å². The third-order valence-electron chi connectivity index (χ3n) is 4.96. The Morgan fingerprint density at radius 1 is 1.06 bits per heavy atom. The second kappa shape index (κ2) is 11.5. The van der Waals surface area contributed by atoms with Gasteiger partial charge < -0.3 is 14.8 Å². The van der Waals surface area contributed by atoms with Gasteiger partial charge in [0.05, 0.1) is 25.7 Å². The van der Waals surface area contributed by atoms with E-state index in [-0.39, 0.29) is 11.2 Å². The van der Waals surface area contributed by atoms with E-state index in [1.165, 1.54) is 17.3 Å². The third-order valence-corrected chi connectivity index (χ3v) is 6.19. The summed E-state index contributed by atoms with van der Waals surface area (Å²) in [5.74, 6) is 1.32. The molecule has 0 saturated carbocycles.